The zero-order chi connectivity index (χ0) is 9.19. The van der Waals surface area contributed by atoms with Gasteiger partial charge in [-0.2, -0.15) is 13.2 Å². The third-order valence-electron chi connectivity index (χ3n) is 2.19. The number of halogens is 3. The molecule has 1 heterocycles. The van der Waals surface area contributed by atoms with E-state index in [1.54, 1.807) is 0 Å². The molecular formula is C8H13F3O. The first-order valence-corrected chi connectivity index (χ1v) is 4.14. The highest BCUT2D eigenvalue weighted by Crippen LogP contribution is 2.32. The van der Waals surface area contributed by atoms with Crippen LogP contribution in [0, 0.1) is 11.8 Å². The maximum Gasteiger partial charge on any atom is 0.394 e. The van der Waals surface area contributed by atoms with Crippen LogP contribution < -0.4 is 0 Å². The Morgan fingerprint density at radius 1 is 1.17 bits per heavy atom. The molecule has 0 aromatic rings. The van der Waals surface area contributed by atoms with Crippen molar-refractivity contribution in [1.82, 2.24) is 0 Å². The Hall–Kier alpha value is -0.250. The number of rotatable bonds is 0. The van der Waals surface area contributed by atoms with E-state index >= 15 is 0 Å². The van der Waals surface area contributed by atoms with Crippen LogP contribution in [0.5, 0.6) is 0 Å². The van der Waals surface area contributed by atoms with Gasteiger partial charge in [-0.15, -0.1) is 0 Å². The molecule has 1 aliphatic heterocycles. The third-order valence-corrected chi connectivity index (χ3v) is 2.19. The van der Waals surface area contributed by atoms with Gasteiger partial charge in [-0.25, -0.2) is 0 Å². The fraction of sp³-hybridized carbons (Fsp3) is 1.00. The van der Waals surface area contributed by atoms with E-state index in [2.05, 4.69) is 0 Å². The Bertz CT molecular complexity index is 144. The molecular weight excluding hydrogens is 169 g/mol. The third kappa shape index (κ3) is 2.66. The van der Waals surface area contributed by atoms with E-state index in [0.29, 0.717) is 13.0 Å². The van der Waals surface area contributed by atoms with Gasteiger partial charge in [0, 0.05) is 6.61 Å². The van der Waals surface area contributed by atoms with Crippen molar-refractivity contribution in [3.05, 3.63) is 0 Å². The Balaban J connectivity index is 2.46. The summed E-state index contributed by atoms with van der Waals surface area (Å²) in [5, 5.41) is 0. The number of hydrogen-bond acceptors (Lipinski definition) is 1. The number of alkyl halides is 3. The highest BCUT2D eigenvalue weighted by Gasteiger charge is 2.40. The largest absolute Gasteiger partial charge is 0.394 e. The maximum atomic E-state index is 12.2. The summed E-state index contributed by atoms with van der Waals surface area (Å²) in [6, 6.07) is 0. The van der Waals surface area contributed by atoms with Gasteiger partial charge in [-0.05, 0) is 18.8 Å². The second-order valence-corrected chi connectivity index (χ2v) is 3.46. The highest BCUT2D eigenvalue weighted by atomic mass is 19.4. The lowest BCUT2D eigenvalue weighted by Gasteiger charge is -2.16. The minimum absolute atomic E-state index is 0.159. The molecule has 4 heteroatoms. The predicted octanol–water partition coefficient (Wildman–Crippen LogP) is 2.61. The molecule has 1 saturated heterocycles. The lowest BCUT2D eigenvalue weighted by Crippen LogP contribution is -2.26. The zero-order valence-corrected chi connectivity index (χ0v) is 7.03. The van der Waals surface area contributed by atoms with Crippen LogP contribution in [0.3, 0.4) is 0 Å². The molecule has 0 aliphatic carbocycles. The molecule has 1 nitrogen and oxygen atoms in total. The highest BCUT2D eigenvalue weighted by molar-refractivity contribution is 4.71. The van der Waals surface area contributed by atoms with Crippen molar-refractivity contribution in [2.24, 2.45) is 11.8 Å². The molecule has 0 amide bonds. The molecule has 2 unspecified atom stereocenters. The first-order chi connectivity index (χ1) is 5.50. The van der Waals surface area contributed by atoms with Gasteiger partial charge in [0.25, 0.3) is 0 Å². The summed E-state index contributed by atoms with van der Waals surface area (Å²) >= 11 is 0. The molecule has 72 valence electrons. The van der Waals surface area contributed by atoms with Gasteiger partial charge in [0.15, 0.2) is 0 Å². The van der Waals surface area contributed by atoms with Crippen molar-refractivity contribution >= 4 is 0 Å². The molecule has 0 saturated carbocycles. The average molecular weight is 182 g/mol. The normalized spacial score (nSPS) is 33.0. The number of ether oxygens (including phenoxy) is 1. The maximum absolute atomic E-state index is 12.2. The lowest BCUT2D eigenvalue weighted by molar-refractivity contribution is -0.186. The predicted molar refractivity (Wildman–Crippen MR) is 38.8 cm³/mol. The average Bonchev–Trinajstić information content (AvgIpc) is 2.11. The van der Waals surface area contributed by atoms with E-state index in [4.69, 9.17) is 4.74 Å². The summed E-state index contributed by atoms with van der Waals surface area (Å²) in [6.45, 7) is 2.22. The molecule has 12 heavy (non-hydrogen) atoms. The number of hydrogen-bond donors (Lipinski definition) is 0. The fourth-order valence-corrected chi connectivity index (χ4v) is 1.32. The van der Waals surface area contributed by atoms with E-state index in [9.17, 15) is 13.2 Å². The minimum Gasteiger partial charge on any atom is -0.381 e. The summed E-state index contributed by atoms with van der Waals surface area (Å²) < 4.78 is 41.4. The van der Waals surface area contributed by atoms with Crippen molar-refractivity contribution in [3.63, 3.8) is 0 Å². The summed E-state index contributed by atoms with van der Waals surface area (Å²) in [5.41, 5.74) is 0. The van der Waals surface area contributed by atoms with Gasteiger partial charge in [-0.1, -0.05) is 6.92 Å². The molecule has 1 fully saturated rings. The zero-order valence-electron chi connectivity index (χ0n) is 7.03. The summed E-state index contributed by atoms with van der Waals surface area (Å²) in [6.07, 6.45) is -3.25. The van der Waals surface area contributed by atoms with Crippen molar-refractivity contribution in [1.29, 1.82) is 0 Å². The molecule has 0 N–H and O–H groups in total. The van der Waals surface area contributed by atoms with E-state index in [1.165, 1.54) is 0 Å². The monoisotopic (exact) mass is 182 g/mol. The van der Waals surface area contributed by atoms with Crippen LogP contribution in [-0.2, 0) is 4.74 Å². The van der Waals surface area contributed by atoms with E-state index < -0.39 is 12.1 Å². The van der Waals surface area contributed by atoms with Crippen LogP contribution in [0.1, 0.15) is 19.8 Å². The van der Waals surface area contributed by atoms with E-state index in [1.807, 2.05) is 6.92 Å². The van der Waals surface area contributed by atoms with Crippen molar-refractivity contribution < 1.29 is 17.9 Å². The van der Waals surface area contributed by atoms with Crippen LogP contribution in [0.15, 0.2) is 0 Å². The first-order valence-electron chi connectivity index (χ1n) is 4.14. The quantitative estimate of drug-likeness (QED) is 0.559. The van der Waals surface area contributed by atoms with Gasteiger partial charge < -0.3 is 4.74 Å². The molecule has 2 atom stereocenters. The second kappa shape index (κ2) is 3.64. The van der Waals surface area contributed by atoms with E-state index in [-0.39, 0.29) is 18.9 Å². The van der Waals surface area contributed by atoms with Crippen LogP contribution in [-0.4, -0.2) is 19.4 Å². The van der Waals surface area contributed by atoms with E-state index in [0.717, 1.165) is 0 Å². The van der Waals surface area contributed by atoms with Crippen molar-refractivity contribution in [2.45, 2.75) is 25.9 Å². The molecule has 0 radical (unpaired) electrons. The minimum atomic E-state index is -4.08. The standard InChI is InChI=1S/C8H13F3O/c1-6-2-3-7(5-12-4-6)8(9,10)11/h6-7H,2-5H2,1H3. The summed E-state index contributed by atoms with van der Waals surface area (Å²) in [5.74, 6) is -0.986. The van der Waals surface area contributed by atoms with Crippen molar-refractivity contribution in [2.75, 3.05) is 13.2 Å². The smallest absolute Gasteiger partial charge is 0.381 e. The van der Waals surface area contributed by atoms with Gasteiger partial charge in [0.2, 0.25) is 0 Å². The van der Waals surface area contributed by atoms with Crippen LogP contribution in [0.2, 0.25) is 0 Å². The molecule has 0 spiro atoms. The molecule has 0 aromatic carbocycles. The summed E-state index contributed by atoms with van der Waals surface area (Å²) in [7, 11) is 0. The Labute approximate surface area is 69.9 Å². The molecule has 1 aliphatic rings. The van der Waals surface area contributed by atoms with Gasteiger partial charge in [-0.3, -0.25) is 0 Å². The Morgan fingerprint density at radius 2 is 1.83 bits per heavy atom. The lowest BCUT2D eigenvalue weighted by atomic mass is 9.99. The van der Waals surface area contributed by atoms with Gasteiger partial charge >= 0.3 is 6.18 Å². The SMILES string of the molecule is CC1CCC(C(F)(F)F)COC1. The molecule has 0 aromatic heterocycles. The van der Waals surface area contributed by atoms with Gasteiger partial charge in [0.05, 0.1) is 12.5 Å². The first kappa shape index (κ1) is 9.84. The van der Waals surface area contributed by atoms with Crippen LogP contribution in [0.25, 0.3) is 0 Å². The fourth-order valence-electron chi connectivity index (χ4n) is 1.32. The van der Waals surface area contributed by atoms with Crippen molar-refractivity contribution in [3.8, 4) is 0 Å². The Kier molecular flexibility index (Phi) is 2.99. The molecule has 1 rings (SSSR count). The molecule has 0 bridgehead atoms. The summed E-state index contributed by atoms with van der Waals surface area (Å²) in [4.78, 5) is 0. The topological polar surface area (TPSA) is 9.23 Å². The second-order valence-electron chi connectivity index (χ2n) is 3.46. The van der Waals surface area contributed by atoms with Gasteiger partial charge in [0.1, 0.15) is 0 Å². The Morgan fingerprint density at radius 3 is 2.42 bits per heavy atom. The van der Waals surface area contributed by atoms with Crippen LogP contribution >= 0.6 is 0 Å². The van der Waals surface area contributed by atoms with Crippen LogP contribution in [0.4, 0.5) is 13.2 Å².